The summed E-state index contributed by atoms with van der Waals surface area (Å²) >= 11 is 0. The zero-order valence-electron chi connectivity index (χ0n) is 10.8. The van der Waals surface area contributed by atoms with Crippen molar-refractivity contribution >= 4 is 11.9 Å². The number of anilines is 1. The number of nitrogens with zero attached hydrogens (tertiary/aromatic N) is 3. The number of aromatic nitrogens is 3. The Hall–Kier alpha value is -2.61. The Balaban J connectivity index is 2.00. The van der Waals surface area contributed by atoms with Gasteiger partial charge < -0.3 is 15.9 Å². The number of nitrogens with one attached hydrogen (secondary N) is 1. The number of amides is 1. The molecule has 1 aromatic carbocycles. The van der Waals surface area contributed by atoms with Gasteiger partial charge in [0.2, 0.25) is 11.9 Å². The molecule has 0 fully saturated rings. The van der Waals surface area contributed by atoms with E-state index in [4.69, 9.17) is 5.73 Å². The molecule has 0 spiro atoms. The highest BCUT2D eigenvalue weighted by molar-refractivity contribution is 5.93. The Labute approximate surface area is 114 Å². The molecule has 0 aliphatic heterocycles. The topological polar surface area (TPSA) is 126 Å². The van der Waals surface area contributed by atoms with Crippen LogP contribution in [-0.4, -0.2) is 36.9 Å². The number of nitrogens with two attached hydrogens (primary N) is 1. The minimum atomic E-state index is -0.810. The molecule has 106 valence electrons. The van der Waals surface area contributed by atoms with Crippen LogP contribution in [0.2, 0.25) is 0 Å². The van der Waals surface area contributed by atoms with Crippen molar-refractivity contribution in [2.24, 2.45) is 12.8 Å². The maximum Gasteiger partial charge on any atom is 0.243 e. The van der Waals surface area contributed by atoms with Gasteiger partial charge in [-0.05, 0) is 24.1 Å². The van der Waals surface area contributed by atoms with Crippen LogP contribution in [0.4, 0.5) is 5.95 Å². The second-order valence-corrected chi connectivity index (χ2v) is 4.33. The van der Waals surface area contributed by atoms with Gasteiger partial charge in [-0.3, -0.25) is 10.1 Å². The molecule has 0 unspecified atom stereocenters. The van der Waals surface area contributed by atoms with Crippen LogP contribution in [0.25, 0.3) is 0 Å². The number of phenolic OH excluding ortho intramolecular Hbond substituents is 2. The van der Waals surface area contributed by atoms with Gasteiger partial charge in [0.1, 0.15) is 6.33 Å². The molecule has 0 aliphatic carbocycles. The van der Waals surface area contributed by atoms with Gasteiger partial charge in [0.05, 0.1) is 6.04 Å². The van der Waals surface area contributed by atoms with Crippen LogP contribution in [0.15, 0.2) is 24.5 Å². The molecule has 0 bridgehead atoms. The predicted octanol–water partition coefficient (Wildman–Crippen LogP) is -0.265. The van der Waals surface area contributed by atoms with Gasteiger partial charge in [-0.2, -0.15) is 10.1 Å². The Morgan fingerprint density at radius 1 is 1.45 bits per heavy atom. The second kappa shape index (κ2) is 5.57. The Bertz CT molecular complexity index is 625. The highest BCUT2D eigenvalue weighted by Gasteiger charge is 2.16. The van der Waals surface area contributed by atoms with E-state index < -0.39 is 11.9 Å². The molecule has 0 saturated carbocycles. The first-order valence-electron chi connectivity index (χ1n) is 5.88. The van der Waals surface area contributed by atoms with E-state index >= 15 is 0 Å². The monoisotopic (exact) mass is 277 g/mol. The second-order valence-electron chi connectivity index (χ2n) is 4.33. The molecule has 1 atom stereocenters. The molecule has 0 radical (unpaired) electrons. The van der Waals surface area contributed by atoms with Crippen molar-refractivity contribution < 1.29 is 15.0 Å². The summed E-state index contributed by atoms with van der Waals surface area (Å²) in [6.07, 6.45) is 1.54. The van der Waals surface area contributed by atoms with Gasteiger partial charge >= 0.3 is 0 Å². The van der Waals surface area contributed by atoms with Gasteiger partial charge in [-0.15, -0.1) is 0 Å². The van der Waals surface area contributed by atoms with Crippen LogP contribution >= 0.6 is 0 Å². The lowest BCUT2D eigenvalue weighted by atomic mass is 10.1. The Kier molecular flexibility index (Phi) is 3.85. The lowest BCUT2D eigenvalue weighted by Gasteiger charge is -2.12. The molecule has 8 heteroatoms. The average Bonchev–Trinajstić information content (AvgIpc) is 2.79. The number of aromatic hydroxyl groups is 2. The first-order valence-corrected chi connectivity index (χ1v) is 5.88. The number of rotatable bonds is 4. The zero-order chi connectivity index (χ0) is 14.7. The largest absolute Gasteiger partial charge is 0.504 e. The van der Waals surface area contributed by atoms with E-state index in [2.05, 4.69) is 15.4 Å². The van der Waals surface area contributed by atoms with Gasteiger partial charge in [0.25, 0.3) is 0 Å². The smallest absolute Gasteiger partial charge is 0.243 e. The fourth-order valence-corrected chi connectivity index (χ4v) is 1.65. The van der Waals surface area contributed by atoms with Crippen molar-refractivity contribution in [3.8, 4) is 11.5 Å². The molecule has 20 heavy (non-hydrogen) atoms. The van der Waals surface area contributed by atoms with E-state index in [0.29, 0.717) is 11.5 Å². The fourth-order valence-electron chi connectivity index (χ4n) is 1.65. The van der Waals surface area contributed by atoms with E-state index in [9.17, 15) is 15.0 Å². The Morgan fingerprint density at radius 3 is 2.80 bits per heavy atom. The molecule has 1 heterocycles. The van der Waals surface area contributed by atoms with Crippen molar-refractivity contribution in [3.05, 3.63) is 30.1 Å². The summed E-state index contributed by atoms with van der Waals surface area (Å²) in [5.41, 5.74) is 6.43. The third kappa shape index (κ3) is 3.04. The quantitative estimate of drug-likeness (QED) is 0.570. The Morgan fingerprint density at radius 2 is 2.20 bits per heavy atom. The lowest BCUT2D eigenvalue weighted by molar-refractivity contribution is -0.117. The molecule has 0 aliphatic rings. The van der Waals surface area contributed by atoms with E-state index in [1.54, 1.807) is 13.1 Å². The molecule has 0 saturated heterocycles. The summed E-state index contributed by atoms with van der Waals surface area (Å²) in [6, 6.07) is 3.49. The van der Waals surface area contributed by atoms with Crippen LogP contribution in [0.3, 0.4) is 0 Å². The van der Waals surface area contributed by atoms with Crippen molar-refractivity contribution in [3.63, 3.8) is 0 Å². The third-order valence-electron chi connectivity index (χ3n) is 2.78. The summed E-state index contributed by atoms with van der Waals surface area (Å²) in [6.45, 7) is 0. The number of hydrogen-bond acceptors (Lipinski definition) is 6. The molecule has 2 aromatic rings. The number of carbonyl (C=O) groups excluding carboxylic acids is 1. The van der Waals surface area contributed by atoms with Gasteiger partial charge in [0, 0.05) is 7.05 Å². The van der Waals surface area contributed by atoms with Crippen molar-refractivity contribution in [2.75, 3.05) is 5.32 Å². The van der Waals surface area contributed by atoms with Crippen LogP contribution in [0, 0.1) is 0 Å². The molecule has 1 aromatic heterocycles. The number of phenols is 2. The molecular weight excluding hydrogens is 262 g/mol. The normalized spacial score (nSPS) is 12.1. The van der Waals surface area contributed by atoms with Crippen LogP contribution in [0.1, 0.15) is 5.56 Å². The van der Waals surface area contributed by atoms with Crippen molar-refractivity contribution in [1.29, 1.82) is 0 Å². The molecular formula is C12H15N5O3. The minimum absolute atomic E-state index is 0.217. The zero-order valence-corrected chi connectivity index (χ0v) is 10.8. The first-order chi connectivity index (χ1) is 9.47. The highest BCUT2D eigenvalue weighted by atomic mass is 16.3. The SMILES string of the molecule is Cn1ncnc1NC(=O)[C@@H](N)Cc1ccc(O)c(O)c1. The molecule has 1 amide bonds. The van der Waals surface area contributed by atoms with Gasteiger partial charge in [0.15, 0.2) is 11.5 Å². The summed E-state index contributed by atoms with van der Waals surface area (Å²) in [5.74, 6) is -0.568. The van der Waals surface area contributed by atoms with E-state index in [1.807, 2.05) is 0 Å². The fraction of sp³-hybridized carbons (Fsp3) is 0.250. The first kappa shape index (κ1) is 13.8. The summed E-state index contributed by atoms with van der Waals surface area (Å²) in [5, 5.41) is 25.0. The lowest BCUT2D eigenvalue weighted by Crippen LogP contribution is -2.38. The highest BCUT2D eigenvalue weighted by Crippen LogP contribution is 2.25. The van der Waals surface area contributed by atoms with Crippen LogP contribution < -0.4 is 11.1 Å². The minimum Gasteiger partial charge on any atom is -0.504 e. The van der Waals surface area contributed by atoms with Crippen LogP contribution in [-0.2, 0) is 18.3 Å². The van der Waals surface area contributed by atoms with Gasteiger partial charge in [-0.25, -0.2) is 4.68 Å². The average molecular weight is 277 g/mol. The summed E-state index contributed by atoms with van der Waals surface area (Å²) < 4.78 is 1.41. The van der Waals surface area contributed by atoms with Gasteiger partial charge in [-0.1, -0.05) is 6.07 Å². The number of aryl methyl sites for hydroxylation is 1. The predicted molar refractivity (Wildman–Crippen MR) is 71.1 cm³/mol. The molecule has 2 rings (SSSR count). The van der Waals surface area contributed by atoms with E-state index in [0.717, 1.165) is 0 Å². The van der Waals surface area contributed by atoms with E-state index in [1.165, 1.54) is 23.1 Å². The van der Waals surface area contributed by atoms with Crippen molar-refractivity contribution in [2.45, 2.75) is 12.5 Å². The third-order valence-corrected chi connectivity index (χ3v) is 2.78. The standard InChI is InChI=1S/C12H15N5O3/c1-17-12(14-6-15-17)16-11(20)8(13)4-7-2-3-9(18)10(19)5-7/h2-3,5-6,8,18-19H,4,13H2,1H3,(H,14,15,16,20)/t8-/m0/s1. The number of carbonyl (C=O) groups is 1. The number of hydrogen-bond donors (Lipinski definition) is 4. The van der Waals surface area contributed by atoms with E-state index in [-0.39, 0.29) is 17.9 Å². The van der Waals surface area contributed by atoms with Crippen molar-refractivity contribution in [1.82, 2.24) is 14.8 Å². The molecule has 8 nitrogen and oxygen atoms in total. The summed E-state index contributed by atoms with van der Waals surface area (Å²) in [4.78, 5) is 15.8. The maximum absolute atomic E-state index is 11.9. The van der Waals surface area contributed by atoms with Crippen LogP contribution in [0.5, 0.6) is 11.5 Å². The summed E-state index contributed by atoms with van der Waals surface area (Å²) in [7, 11) is 1.64. The molecule has 5 N–H and O–H groups in total. The maximum atomic E-state index is 11.9. The number of benzene rings is 1.